The number of fused-ring (bicyclic) bond motifs is 1. The maximum atomic E-state index is 9.85. The van der Waals surface area contributed by atoms with Crippen LogP contribution in [0.1, 0.15) is 22.8 Å². The van der Waals surface area contributed by atoms with Crippen molar-refractivity contribution in [3.8, 4) is 0 Å². The van der Waals surface area contributed by atoms with Crippen molar-refractivity contribution in [1.82, 2.24) is 14.9 Å². The first-order valence-electron chi connectivity index (χ1n) is 5.93. The van der Waals surface area contributed by atoms with Gasteiger partial charge in [-0.15, -0.1) is 15.0 Å². The van der Waals surface area contributed by atoms with Crippen molar-refractivity contribution in [2.45, 2.75) is 20.8 Å². The number of aliphatic hydroxyl groups excluding tert-OH is 1. The molecule has 1 aliphatic rings. The van der Waals surface area contributed by atoms with Crippen molar-refractivity contribution in [3.05, 3.63) is 41.0 Å². The van der Waals surface area contributed by atoms with E-state index in [0.717, 1.165) is 16.8 Å². The first-order chi connectivity index (χ1) is 9.06. The van der Waals surface area contributed by atoms with Gasteiger partial charge in [0.1, 0.15) is 0 Å². The second kappa shape index (κ2) is 4.01. The van der Waals surface area contributed by atoms with Crippen molar-refractivity contribution >= 4 is 17.3 Å². The average molecular weight is 255 g/mol. The number of aromatic nitrogens is 3. The lowest BCUT2D eigenvalue weighted by molar-refractivity contribution is 0.553. The van der Waals surface area contributed by atoms with Gasteiger partial charge in [-0.05, 0) is 31.9 Å². The summed E-state index contributed by atoms with van der Waals surface area (Å²) in [4.78, 5) is 10.0. The van der Waals surface area contributed by atoms with Crippen LogP contribution >= 0.6 is 0 Å². The van der Waals surface area contributed by atoms with Crippen molar-refractivity contribution < 1.29 is 5.11 Å². The molecule has 0 bridgehead atoms. The van der Waals surface area contributed by atoms with E-state index >= 15 is 0 Å². The summed E-state index contributed by atoms with van der Waals surface area (Å²) in [6.45, 7) is 5.73. The summed E-state index contributed by atoms with van der Waals surface area (Å²) in [7, 11) is 0. The first-order valence-corrected chi connectivity index (χ1v) is 5.93. The van der Waals surface area contributed by atoms with E-state index in [1.165, 1.54) is 4.79 Å². The standard InChI is InChI=1S/C13H13N5O/c1-7-5-4-6-8(2)10(7)15-11-12-14-9(3)16-18(12)17-13(11)19/h4-6H,1-3H3,(H,17,19)/b15-11-. The molecular weight excluding hydrogens is 242 g/mol. The Labute approximate surface area is 110 Å². The second-order valence-corrected chi connectivity index (χ2v) is 4.50. The highest BCUT2D eigenvalue weighted by atomic mass is 16.3. The van der Waals surface area contributed by atoms with Gasteiger partial charge in [-0.2, -0.15) is 0 Å². The Morgan fingerprint density at radius 1 is 1.16 bits per heavy atom. The SMILES string of the molecule is Cc1nc2n(n1)N=C(O)/C2=N\c1c(C)cccc1C. The van der Waals surface area contributed by atoms with E-state index in [1.54, 1.807) is 6.92 Å². The monoisotopic (exact) mass is 255 g/mol. The zero-order chi connectivity index (χ0) is 13.6. The minimum atomic E-state index is -0.155. The largest absolute Gasteiger partial charge is 0.491 e. The molecule has 0 saturated heterocycles. The van der Waals surface area contributed by atoms with Crippen LogP contribution in [-0.4, -0.2) is 31.6 Å². The van der Waals surface area contributed by atoms with E-state index in [9.17, 15) is 5.11 Å². The van der Waals surface area contributed by atoms with Crippen LogP contribution in [0.25, 0.3) is 0 Å². The molecule has 1 N–H and O–H groups in total. The third-order valence-corrected chi connectivity index (χ3v) is 2.97. The Morgan fingerprint density at radius 3 is 2.53 bits per heavy atom. The Morgan fingerprint density at radius 2 is 1.84 bits per heavy atom. The van der Waals surface area contributed by atoms with Gasteiger partial charge in [0.2, 0.25) is 5.82 Å². The summed E-state index contributed by atoms with van der Waals surface area (Å²) in [5.74, 6) is 0.913. The van der Waals surface area contributed by atoms with Gasteiger partial charge in [0.25, 0.3) is 5.90 Å². The molecule has 1 aliphatic heterocycles. The Hall–Kier alpha value is -2.50. The highest BCUT2D eigenvalue weighted by molar-refractivity contribution is 6.45. The van der Waals surface area contributed by atoms with Crippen molar-refractivity contribution in [3.63, 3.8) is 0 Å². The molecule has 0 fully saturated rings. The molecule has 3 rings (SSSR count). The normalized spacial score (nSPS) is 15.7. The first kappa shape index (κ1) is 11.6. The summed E-state index contributed by atoms with van der Waals surface area (Å²) in [6, 6.07) is 5.93. The number of aliphatic hydroxyl groups is 1. The zero-order valence-electron chi connectivity index (χ0n) is 10.9. The highest BCUT2D eigenvalue weighted by Gasteiger charge is 2.26. The molecule has 0 radical (unpaired) electrons. The zero-order valence-corrected chi connectivity index (χ0v) is 10.9. The molecule has 0 spiro atoms. The van der Waals surface area contributed by atoms with Gasteiger partial charge < -0.3 is 5.11 Å². The number of rotatable bonds is 1. The van der Waals surface area contributed by atoms with Crippen LogP contribution in [0.15, 0.2) is 28.3 Å². The molecule has 1 aromatic heterocycles. The lowest BCUT2D eigenvalue weighted by atomic mass is 10.1. The van der Waals surface area contributed by atoms with E-state index in [1.807, 2.05) is 32.0 Å². The van der Waals surface area contributed by atoms with Gasteiger partial charge in [-0.25, -0.2) is 9.98 Å². The molecule has 19 heavy (non-hydrogen) atoms. The fourth-order valence-electron chi connectivity index (χ4n) is 2.05. The lowest BCUT2D eigenvalue weighted by Crippen LogP contribution is -2.11. The number of nitrogens with zero attached hydrogens (tertiary/aromatic N) is 5. The van der Waals surface area contributed by atoms with E-state index in [4.69, 9.17) is 0 Å². The summed E-state index contributed by atoms with van der Waals surface area (Å²) < 4.78 is 0. The van der Waals surface area contributed by atoms with Gasteiger partial charge in [0.15, 0.2) is 11.5 Å². The number of benzene rings is 1. The number of para-hydroxylation sites is 1. The van der Waals surface area contributed by atoms with Gasteiger partial charge >= 0.3 is 0 Å². The average Bonchev–Trinajstić information content (AvgIpc) is 2.81. The van der Waals surface area contributed by atoms with Gasteiger partial charge in [-0.3, -0.25) is 0 Å². The number of hydrogen-bond donors (Lipinski definition) is 1. The molecule has 0 atom stereocenters. The molecule has 0 unspecified atom stereocenters. The predicted octanol–water partition coefficient (Wildman–Crippen LogP) is 2.06. The van der Waals surface area contributed by atoms with Crippen LogP contribution < -0.4 is 0 Å². The number of aliphatic imine (C=N–C) groups is 1. The van der Waals surface area contributed by atoms with Gasteiger partial charge in [-0.1, -0.05) is 18.2 Å². The van der Waals surface area contributed by atoms with E-state index in [2.05, 4.69) is 20.2 Å². The molecule has 96 valence electrons. The van der Waals surface area contributed by atoms with Crippen LogP contribution in [0.2, 0.25) is 0 Å². The lowest BCUT2D eigenvalue weighted by Gasteiger charge is -2.04. The van der Waals surface area contributed by atoms with Crippen molar-refractivity contribution in [1.29, 1.82) is 0 Å². The number of aryl methyl sites for hydroxylation is 3. The van der Waals surface area contributed by atoms with E-state index in [-0.39, 0.29) is 5.90 Å². The van der Waals surface area contributed by atoms with Crippen LogP contribution in [0.3, 0.4) is 0 Å². The fourth-order valence-corrected chi connectivity index (χ4v) is 2.05. The van der Waals surface area contributed by atoms with Crippen LogP contribution in [0.4, 0.5) is 5.69 Å². The molecule has 0 amide bonds. The molecule has 6 nitrogen and oxygen atoms in total. The molecule has 6 heteroatoms. The third kappa shape index (κ3) is 1.81. The second-order valence-electron chi connectivity index (χ2n) is 4.50. The number of hydrogen-bond acceptors (Lipinski definition) is 4. The van der Waals surface area contributed by atoms with E-state index in [0.29, 0.717) is 17.4 Å². The van der Waals surface area contributed by atoms with Crippen molar-refractivity contribution in [2.75, 3.05) is 0 Å². The van der Waals surface area contributed by atoms with Crippen LogP contribution in [0.5, 0.6) is 0 Å². The molecule has 2 aromatic rings. The molecule has 2 heterocycles. The summed E-state index contributed by atoms with van der Waals surface area (Å²) in [6.07, 6.45) is 0. The van der Waals surface area contributed by atoms with Crippen LogP contribution in [-0.2, 0) is 0 Å². The van der Waals surface area contributed by atoms with E-state index < -0.39 is 0 Å². The Balaban J connectivity index is 2.17. The quantitative estimate of drug-likeness (QED) is 0.847. The molecule has 0 saturated carbocycles. The summed E-state index contributed by atoms with van der Waals surface area (Å²) >= 11 is 0. The minimum absolute atomic E-state index is 0.155. The topological polar surface area (TPSA) is 75.7 Å². The smallest absolute Gasteiger partial charge is 0.261 e. The maximum absolute atomic E-state index is 9.85. The van der Waals surface area contributed by atoms with Gasteiger partial charge in [0, 0.05) is 0 Å². The minimum Gasteiger partial charge on any atom is -0.491 e. The molecule has 0 aliphatic carbocycles. The van der Waals surface area contributed by atoms with Crippen LogP contribution in [0, 0.1) is 20.8 Å². The third-order valence-electron chi connectivity index (χ3n) is 2.97. The van der Waals surface area contributed by atoms with Gasteiger partial charge in [0.05, 0.1) is 5.69 Å². The predicted molar refractivity (Wildman–Crippen MR) is 72.3 cm³/mol. The molecule has 1 aromatic carbocycles. The summed E-state index contributed by atoms with van der Waals surface area (Å²) in [5, 5.41) is 17.8. The molecular formula is C13H13N5O. The highest BCUT2D eigenvalue weighted by Crippen LogP contribution is 2.25. The van der Waals surface area contributed by atoms with Crippen molar-refractivity contribution in [2.24, 2.45) is 10.1 Å². The Kier molecular flexibility index (Phi) is 2.45. The Bertz CT molecular complexity index is 706. The maximum Gasteiger partial charge on any atom is 0.261 e. The summed E-state index contributed by atoms with van der Waals surface area (Å²) in [5.41, 5.74) is 3.26. The fraction of sp³-hybridized carbons (Fsp3) is 0.231.